The van der Waals surface area contributed by atoms with Crippen LogP contribution in [-0.2, 0) is 38.8 Å². The lowest BCUT2D eigenvalue weighted by molar-refractivity contribution is -0.138. The van der Waals surface area contributed by atoms with Gasteiger partial charge in [-0.2, -0.15) is 9.80 Å². The lowest BCUT2D eigenvalue weighted by Gasteiger charge is -2.15. The normalized spacial score (nSPS) is 8.99. The molecule has 0 radical (unpaired) electrons. The van der Waals surface area contributed by atoms with Gasteiger partial charge in [-0.15, -0.1) is 0 Å². The number of nitrogens with zero attached hydrogens (tertiary/aromatic N) is 2. The summed E-state index contributed by atoms with van der Waals surface area (Å²) in [6.07, 6.45) is -1.47. The Morgan fingerprint density at radius 2 is 0.518 bits per heavy atom. The van der Waals surface area contributed by atoms with E-state index in [0.717, 1.165) is 0 Å². The van der Waals surface area contributed by atoms with E-state index in [9.17, 15) is 41.7 Å². The van der Waals surface area contributed by atoms with Gasteiger partial charge in [0.05, 0.1) is 19.6 Å². The van der Waals surface area contributed by atoms with Gasteiger partial charge in [0.25, 0.3) is 5.91 Å². The van der Waals surface area contributed by atoms with Crippen molar-refractivity contribution in [2.75, 3.05) is 13.2 Å². The summed E-state index contributed by atoms with van der Waals surface area (Å²) < 4.78 is 42.4. The predicted octanol–water partition coefficient (Wildman–Crippen LogP) is 16.7. The van der Waals surface area contributed by atoms with E-state index in [1.165, 1.54) is 0 Å². The SMILES string of the molecule is CC.CC.CC.CC.CC.CC.CC.CC.CC.CC.CC.CC.CC1CC(=O)N(C(=O)OCCCCCCOC(=O)N2C(=O)CC(S(=O)(=O)[O-])C2=O)C1=O.N.N.N.N.N.N.N.N.N.N.N.N.N.N.N.N.N.N.N.N.N.N.N.N.N.N.N.N. The molecule has 0 spiro atoms. The third-order valence-electron chi connectivity index (χ3n) is 4.68. The van der Waals surface area contributed by atoms with Crippen molar-refractivity contribution in [3.63, 3.8) is 0 Å². The van der Waals surface area contributed by atoms with Crippen molar-refractivity contribution in [3.8, 4) is 0 Å². The van der Waals surface area contributed by atoms with Crippen LogP contribution in [0, 0.1) is 5.92 Å². The second-order valence-corrected chi connectivity index (χ2v) is 8.62. The van der Waals surface area contributed by atoms with Crippen molar-refractivity contribution in [1.29, 1.82) is 0 Å². The molecule has 0 bridgehead atoms. The largest absolute Gasteiger partial charge is 0.747 e. The molecule has 6 amide bonds. The summed E-state index contributed by atoms with van der Waals surface area (Å²) in [5.74, 6) is -4.28. The summed E-state index contributed by atoms with van der Waals surface area (Å²) in [6.45, 7) is 49.4. The number of imide groups is 6. The number of rotatable bonds is 8. The van der Waals surface area contributed by atoms with Gasteiger partial charge in [0, 0.05) is 12.3 Å². The molecule has 2 unspecified atom stereocenters. The zero-order chi connectivity index (χ0) is 47.3. The molecule has 2 rings (SSSR count). The molecule has 2 atom stereocenters. The van der Waals surface area contributed by atoms with Crippen molar-refractivity contribution >= 4 is 45.9 Å². The molecule has 0 aliphatic carbocycles. The first kappa shape index (κ1) is 300. The maximum absolute atomic E-state index is 11.8. The van der Waals surface area contributed by atoms with Gasteiger partial charge in [-0.3, -0.25) is 19.2 Å². The molecule has 2 heterocycles. The highest BCUT2D eigenvalue weighted by molar-refractivity contribution is 7.87. The van der Waals surface area contributed by atoms with Crippen LogP contribution in [0.3, 0.4) is 0 Å². The first-order chi connectivity index (χ1) is 26.4. The Hall–Kier alpha value is -3.99. The summed E-state index contributed by atoms with van der Waals surface area (Å²) in [4.78, 5) is 70.7. The molecule has 0 saturated carbocycles. The van der Waals surface area contributed by atoms with Crippen LogP contribution in [0.4, 0.5) is 9.59 Å². The molecule has 564 valence electrons. The molecule has 0 aromatic carbocycles. The minimum Gasteiger partial charge on any atom is -0.747 e. The molecule has 0 aromatic rings. The minimum atomic E-state index is -5.06. The quantitative estimate of drug-likeness (QED) is 0.0610. The van der Waals surface area contributed by atoms with Crippen molar-refractivity contribution in [1.82, 2.24) is 182 Å². The maximum Gasteiger partial charge on any atom is 0.423 e. The summed E-state index contributed by atoms with van der Waals surface area (Å²) in [5, 5.41) is -2.12. The number of carbonyl (C=O) groups is 6. The van der Waals surface area contributed by atoms with Gasteiger partial charge in [0.2, 0.25) is 17.7 Å². The molecule has 2 aliphatic rings. The molecule has 84 N–H and O–H groups in total. The van der Waals surface area contributed by atoms with Gasteiger partial charge in [-0.1, -0.05) is 173 Å². The fourth-order valence-electron chi connectivity index (χ4n) is 3.00. The Labute approximate surface area is 514 Å². The molecule has 0 aromatic heterocycles. The highest BCUT2D eigenvalue weighted by Gasteiger charge is 2.46. The average Bonchev–Trinajstić information content (AvgIpc) is 3.72. The lowest BCUT2D eigenvalue weighted by atomic mass is 10.1. The van der Waals surface area contributed by atoms with Gasteiger partial charge in [-0.25, -0.2) is 18.0 Å². The zero-order valence-electron chi connectivity index (χ0n) is 60.4. The van der Waals surface area contributed by atoms with Crippen molar-refractivity contribution in [3.05, 3.63) is 0 Å². The highest BCUT2D eigenvalue weighted by atomic mass is 32.2. The fraction of sp³-hybridized carbons (Fsp3) is 0.854. The van der Waals surface area contributed by atoms with Gasteiger partial charge < -0.3 is 186 Å². The molecular formula is C41H177N30O11S-. The molecule has 83 heavy (non-hydrogen) atoms. The highest BCUT2D eigenvalue weighted by Crippen LogP contribution is 2.21. The summed E-state index contributed by atoms with van der Waals surface area (Å²) in [5.41, 5.74) is 0. The minimum absolute atomic E-state index is 0. The zero-order valence-corrected chi connectivity index (χ0v) is 61.2. The number of amides is 6. The topological polar surface area (TPSA) is 1160 Å². The van der Waals surface area contributed by atoms with E-state index < -0.39 is 63.5 Å². The van der Waals surface area contributed by atoms with Crippen LogP contribution in [-0.4, -0.2) is 77.0 Å². The lowest BCUT2D eigenvalue weighted by Crippen LogP contribution is -2.39. The molecular weight excluding hydrogens is 1120 g/mol. The van der Waals surface area contributed by atoms with Crippen molar-refractivity contribution in [2.45, 2.75) is 217 Å². The summed E-state index contributed by atoms with van der Waals surface area (Å²) in [7, 11) is -5.06. The number of unbranched alkanes of at least 4 members (excludes halogenated alkanes) is 3. The number of ether oxygens (including phenoxy) is 2. The maximum atomic E-state index is 11.8. The third kappa shape index (κ3) is 160. The van der Waals surface area contributed by atoms with Crippen LogP contribution in [0.15, 0.2) is 0 Å². The van der Waals surface area contributed by atoms with Gasteiger partial charge in [0.15, 0.2) is 0 Å². The second-order valence-electron chi connectivity index (χ2n) is 7.07. The van der Waals surface area contributed by atoms with Gasteiger partial charge in [0.1, 0.15) is 15.4 Å². The first-order valence-electron chi connectivity index (χ1n) is 21.5. The van der Waals surface area contributed by atoms with Crippen molar-refractivity contribution < 1.29 is 51.2 Å². The van der Waals surface area contributed by atoms with E-state index in [0.29, 0.717) is 30.6 Å². The molecule has 2 saturated heterocycles. The van der Waals surface area contributed by atoms with Crippen LogP contribution < -0.4 is 172 Å². The van der Waals surface area contributed by atoms with E-state index in [4.69, 9.17) is 9.47 Å². The molecule has 41 nitrogen and oxygen atoms in total. The Bertz CT molecular complexity index is 978. The third-order valence-corrected chi connectivity index (χ3v) is 5.75. The van der Waals surface area contributed by atoms with Crippen LogP contribution in [0.2, 0.25) is 0 Å². The van der Waals surface area contributed by atoms with E-state index in [-0.39, 0.29) is 197 Å². The average molecular weight is 1300 g/mol. The van der Waals surface area contributed by atoms with E-state index in [1.54, 1.807) is 6.92 Å². The second kappa shape index (κ2) is 262. The smallest absolute Gasteiger partial charge is 0.423 e. The standard InChI is InChI=1S/C17H22N2O11S.12C2H6.28H3N/c1-10-8-12(20)18(14(10)22)16(24)29-6-4-2-3-5-7-30-17(25)19-13(21)9-11(15(19)23)31(26,27)28;12*1-2;;;;;;;;;;;;;;;;;;;;;;;;;;;;/h10-11H,2-9H2,1H3,(H,26,27,28);12*1-2H3;28*1H3/p-1. The molecule has 42 heteroatoms. The van der Waals surface area contributed by atoms with Crippen molar-refractivity contribution in [2.24, 2.45) is 5.92 Å². The Balaban J connectivity index is -0.00000000908. The van der Waals surface area contributed by atoms with E-state index in [2.05, 4.69) is 0 Å². The number of hydrogen-bond acceptors (Lipinski definition) is 39. The van der Waals surface area contributed by atoms with Crippen LogP contribution >= 0.6 is 0 Å². The Kier molecular flexibility index (Phi) is 949. The Morgan fingerprint density at radius 1 is 0.349 bits per heavy atom. The summed E-state index contributed by atoms with van der Waals surface area (Å²) in [6, 6.07) is 0. The number of hydrogen-bond donors (Lipinski definition) is 28. The fourth-order valence-corrected chi connectivity index (χ4v) is 3.70. The molecule has 2 fully saturated rings. The van der Waals surface area contributed by atoms with Gasteiger partial charge in [-0.05, 0) is 25.7 Å². The van der Waals surface area contributed by atoms with Crippen LogP contribution in [0.25, 0.3) is 0 Å². The van der Waals surface area contributed by atoms with E-state index in [1.807, 2.05) is 166 Å². The van der Waals surface area contributed by atoms with Crippen LogP contribution in [0.5, 0.6) is 0 Å². The number of carbonyl (C=O) groups excluding carboxylic acids is 6. The predicted molar refractivity (Wildman–Crippen MR) is 374 cm³/mol. The number of likely N-dealkylation sites (tertiary alicyclic amines) is 2. The molecule has 2 aliphatic heterocycles. The van der Waals surface area contributed by atoms with E-state index >= 15 is 0 Å². The monoisotopic (exact) mass is 1300 g/mol. The van der Waals surface area contributed by atoms with Gasteiger partial charge >= 0.3 is 12.2 Å². The Morgan fingerprint density at radius 3 is 0.663 bits per heavy atom. The summed E-state index contributed by atoms with van der Waals surface area (Å²) >= 11 is 0. The first-order valence-corrected chi connectivity index (χ1v) is 22.9. The van der Waals surface area contributed by atoms with Crippen LogP contribution in [0.1, 0.15) is 212 Å².